The van der Waals surface area contributed by atoms with Crippen molar-refractivity contribution in [2.45, 2.75) is 38.1 Å². The summed E-state index contributed by atoms with van der Waals surface area (Å²) in [6, 6.07) is 28.4. The van der Waals surface area contributed by atoms with Crippen molar-refractivity contribution in [1.82, 2.24) is 0 Å². The number of nitrogens with zero attached hydrogens (tertiary/aromatic N) is 3. The van der Waals surface area contributed by atoms with E-state index in [9.17, 15) is 8.42 Å². The van der Waals surface area contributed by atoms with Crippen LogP contribution in [0.2, 0.25) is 0 Å². The molecule has 0 N–H and O–H groups in total. The van der Waals surface area contributed by atoms with Crippen molar-refractivity contribution in [2.24, 2.45) is 5.11 Å². The number of hydrogen-bond donors (Lipinski definition) is 0. The molecule has 0 radical (unpaired) electrons. The molecule has 0 amide bonds. The number of ether oxygens (including phenoxy) is 3. The molecule has 3 rings (SSSR count). The van der Waals surface area contributed by atoms with Crippen molar-refractivity contribution in [3.8, 4) is 0 Å². The molecule has 3 aromatic carbocycles. The third-order valence-corrected chi connectivity index (χ3v) is 5.94. The van der Waals surface area contributed by atoms with Crippen molar-refractivity contribution in [1.29, 1.82) is 0 Å². The summed E-state index contributed by atoms with van der Waals surface area (Å²) in [5.41, 5.74) is 11.7. The lowest BCUT2D eigenvalue weighted by atomic mass is 10.1. The minimum Gasteiger partial charge on any atom is -0.374 e. The smallest absolute Gasteiger partial charge is 0.264 e. The monoisotopic (exact) mass is 525 g/mol. The highest BCUT2D eigenvalue weighted by molar-refractivity contribution is 7.86. The maximum absolute atomic E-state index is 12.2. The summed E-state index contributed by atoms with van der Waals surface area (Å²) in [5, 5.41) is 3.70. The van der Waals surface area contributed by atoms with Gasteiger partial charge in [-0.15, -0.1) is 0 Å². The van der Waals surface area contributed by atoms with E-state index in [-0.39, 0.29) is 33.0 Å². The predicted octanol–water partition coefficient (Wildman–Crippen LogP) is 5.03. The molecule has 0 saturated carbocycles. The van der Waals surface area contributed by atoms with Crippen LogP contribution in [0.4, 0.5) is 0 Å². The maximum atomic E-state index is 12.2. The van der Waals surface area contributed by atoms with Gasteiger partial charge in [-0.05, 0) is 22.2 Å². The Morgan fingerprint density at radius 1 is 0.757 bits per heavy atom. The van der Waals surface area contributed by atoms with E-state index in [1.807, 2.05) is 91.0 Å². The average Bonchev–Trinajstić information content (AvgIpc) is 2.90. The van der Waals surface area contributed by atoms with E-state index in [2.05, 4.69) is 10.0 Å². The highest BCUT2D eigenvalue weighted by atomic mass is 32.2. The molecule has 196 valence electrons. The lowest BCUT2D eigenvalue weighted by Gasteiger charge is -2.32. The van der Waals surface area contributed by atoms with Crippen molar-refractivity contribution in [3.63, 3.8) is 0 Å². The van der Waals surface area contributed by atoms with Gasteiger partial charge in [0.2, 0.25) is 0 Å². The fourth-order valence-corrected chi connectivity index (χ4v) is 4.25. The zero-order valence-corrected chi connectivity index (χ0v) is 21.4. The zero-order valence-electron chi connectivity index (χ0n) is 20.6. The van der Waals surface area contributed by atoms with E-state index >= 15 is 0 Å². The standard InChI is InChI=1S/C27H31N3O6S/c1-37(31,32)36-26(21-33-18-22-11-5-2-6-12-22)27(35-20-24-15-9-4-10-16-24)25(17-29-30-28)34-19-23-13-7-3-8-14-23/h2-16,25-27H,17-21H2,1H3/t25-,26+,27+/m1/s1. The largest absolute Gasteiger partial charge is 0.374 e. The van der Waals surface area contributed by atoms with E-state index in [4.69, 9.17) is 23.9 Å². The minimum absolute atomic E-state index is 0.0922. The third kappa shape index (κ3) is 10.7. The lowest BCUT2D eigenvalue weighted by Crippen LogP contribution is -2.47. The van der Waals surface area contributed by atoms with Crippen LogP contribution in [0, 0.1) is 0 Å². The molecule has 3 atom stereocenters. The van der Waals surface area contributed by atoms with Crippen molar-refractivity contribution >= 4 is 10.1 Å². The molecular weight excluding hydrogens is 494 g/mol. The highest BCUT2D eigenvalue weighted by Crippen LogP contribution is 2.20. The molecular formula is C27H31N3O6S. The quantitative estimate of drug-likeness (QED) is 0.112. The summed E-state index contributed by atoms with van der Waals surface area (Å²) < 4.78 is 48.1. The first-order chi connectivity index (χ1) is 17.9. The Hall–Kier alpha value is -3.24. The molecule has 9 nitrogen and oxygen atoms in total. The van der Waals surface area contributed by atoms with Gasteiger partial charge in [-0.1, -0.05) is 96.1 Å². The lowest BCUT2D eigenvalue weighted by molar-refractivity contribution is -0.136. The van der Waals surface area contributed by atoms with Gasteiger partial charge in [0.05, 0.1) is 45.3 Å². The Morgan fingerprint density at radius 3 is 1.73 bits per heavy atom. The van der Waals surface area contributed by atoms with E-state index in [1.165, 1.54) is 0 Å². The Kier molecular flexibility index (Phi) is 11.6. The number of azide groups is 1. The van der Waals surface area contributed by atoms with E-state index in [0.29, 0.717) is 0 Å². The second-order valence-corrected chi connectivity index (χ2v) is 9.95. The fourth-order valence-electron chi connectivity index (χ4n) is 3.64. The molecule has 0 spiro atoms. The molecule has 10 heteroatoms. The van der Waals surface area contributed by atoms with E-state index in [0.717, 1.165) is 22.9 Å². The summed E-state index contributed by atoms with van der Waals surface area (Å²) in [7, 11) is -3.89. The first-order valence-electron chi connectivity index (χ1n) is 11.8. The Bertz CT molecular complexity index is 1210. The second-order valence-electron chi connectivity index (χ2n) is 8.35. The summed E-state index contributed by atoms with van der Waals surface area (Å²) in [6.45, 7) is 0.430. The van der Waals surface area contributed by atoms with Gasteiger partial charge in [-0.25, -0.2) is 0 Å². The van der Waals surface area contributed by atoms with Crippen LogP contribution < -0.4 is 0 Å². The van der Waals surface area contributed by atoms with Gasteiger partial charge in [0.15, 0.2) is 0 Å². The van der Waals surface area contributed by atoms with Gasteiger partial charge in [0, 0.05) is 4.91 Å². The van der Waals surface area contributed by atoms with Gasteiger partial charge >= 0.3 is 0 Å². The van der Waals surface area contributed by atoms with Gasteiger partial charge in [-0.2, -0.15) is 8.42 Å². The van der Waals surface area contributed by atoms with E-state index in [1.54, 1.807) is 0 Å². The molecule has 0 bridgehead atoms. The van der Waals surface area contributed by atoms with Gasteiger partial charge in [0.25, 0.3) is 10.1 Å². The third-order valence-electron chi connectivity index (χ3n) is 5.34. The van der Waals surface area contributed by atoms with Crippen LogP contribution in [-0.4, -0.2) is 46.1 Å². The van der Waals surface area contributed by atoms with E-state index < -0.39 is 28.4 Å². The van der Waals surface area contributed by atoms with Gasteiger partial charge < -0.3 is 14.2 Å². The summed E-state index contributed by atoms with van der Waals surface area (Å²) >= 11 is 0. The van der Waals surface area contributed by atoms with Crippen LogP contribution >= 0.6 is 0 Å². The molecule has 0 aromatic heterocycles. The van der Waals surface area contributed by atoms with Crippen LogP contribution in [0.15, 0.2) is 96.1 Å². The first kappa shape index (κ1) is 28.3. The molecule has 0 aliphatic heterocycles. The Morgan fingerprint density at radius 2 is 1.24 bits per heavy atom. The topological polar surface area (TPSA) is 120 Å². The fraction of sp³-hybridized carbons (Fsp3) is 0.333. The number of hydrogen-bond acceptors (Lipinski definition) is 7. The normalized spacial score (nSPS) is 13.9. The van der Waals surface area contributed by atoms with Gasteiger partial charge in [0.1, 0.15) is 12.2 Å². The first-order valence-corrected chi connectivity index (χ1v) is 13.6. The molecule has 0 fully saturated rings. The number of rotatable bonds is 16. The SMILES string of the molecule is CS(=O)(=O)O[C@@H](COCc1ccccc1)[C@@H](OCc1ccccc1)[C@@H](CN=[N+]=[N-])OCc1ccccc1. The molecule has 0 aliphatic rings. The van der Waals surface area contributed by atoms with Crippen LogP contribution in [-0.2, 0) is 48.3 Å². The van der Waals surface area contributed by atoms with Crippen LogP contribution in [0.25, 0.3) is 10.4 Å². The average molecular weight is 526 g/mol. The zero-order chi connectivity index (χ0) is 26.3. The summed E-state index contributed by atoms with van der Waals surface area (Å²) in [6.07, 6.45) is -1.83. The minimum atomic E-state index is -3.89. The van der Waals surface area contributed by atoms with Gasteiger partial charge in [-0.3, -0.25) is 4.18 Å². The molecule has 37 heavy (non-hydrogen) atoms. The molecule has 0 unspecified atom stereocenters. The highest BCUT2D eigenvalue weighted by Gasteiger charge is 2.35. The molecule has 3 aromatic rings. The van der Waals surface area contributed by atoms with Crippen LogP contribution in [0.5, 0.6) is 0 Å². The maximum Gasteiger partial charge on any atom is 0.264 e. The Labute approximate surface area is 217 Å². The second kappa shape index (κ2) is 15.1. The molecule has 0 heterocycles. The molecule has 0 aliphatic carbocycles. The van der Waals surface area contributed by atoms with Crippen molar-refractivity contribution < 1.29 is 26.8 Å². The molecule has 0 saturated heterocycles. The predicted molar refractivity (Wildman–Crippen MR) is 140 cm³/mol. The van der Waals surface area contributed by atoms with Crippen molar-refractivity contribution in [2.75, 3.05) is 19.4 Å². The Balaban J connectivity index is 1.85. The summed E-state index contributed by atoms with van der Waals surface area (Å²) in [5.74, 6) is 0. The number of benzene rings is 3. The van der Waals surface area contributed by atoms with Crippen LogP contribution in [0.1, 0.15) is 16.7 Å². The van der Waals surface area contributed by atoms with Crippen molar-refractivity contribution in [3.05, 3.63) is 118 Å². The van der Waals surface area contributed by atoms with Crippen LogP contribution in [0.3, 0.4) is 0 Å². The summed E-state index contributed by atoms with van der Waals surface area (Å²) in [4.78, 5) is 2.87.